The second-order valence-corrected chi connectivity index (χ2v) is 2.92. The molecule has 0 amide bonds. The molecule has 0 radical (unpaired) electrons. The summed E-state index contributed by atoms with van der Waals surface area (Å²) in [5.74, 6) is 0. The maximum absolute atomic E-state index is 10.6. The maximum atomic E-state index is 10.6. The Balaban J connectivity index is 2.54. The molecule has 3 nitrogen and oxygen atoms in total. The normalized spacial score (nSPS) is 19.8. The highest BCUT2D eigenvalue weighted by atomic mass is 35.5. The molecule has 0 bridgehead atoms. The number of para-hydroxylation sites is 1. The van der Waals surface area contributed by atoms with Gasteiger partial charge in [-0.1, -0.05) is 18.2 Å². The second-order valence-electron chi connectivity index (χ2n) is 2.60. The average molecular weight is 196 g/mol. The Labute approximate surface area is 80.0 Å². The molecule has 2 rings (SSSR count). The van der Waals surface area contributed by atoms with Gasteiger partial charge in [-0.25, -0.2) is 4.99 Å². The lowest BCUT2D eigenvalue weighted by Gasteiger charge is -2.18. The molecule has 1 atom stereocenters. The second kappa shape index (κ2) is 3.18. The quantitative estimate of drug-likeness (QED) is 0.645. The molecule has 0 aliphatic carbocycles. The Hall–Kier alpha value is -1.35. The monoisotopic (exact) mass is 195 g/mol. The van der Waals surface area contributed by atoms with Crippen molar-refractivity contribution in [2.75, 3.05) is 0 Å². The first-order chi connectivity index (χ1) is 6.31. The standard InChI is InChI=1S/C9H6ClNO2/c10-9-11-7-4-2-1-3-6(7)8(5-12)13-9/h1-5,8H. The molecule has 4 heteroatoms. The van der Waals surface area contributed by atoms with Crippen LogP contribution in [0.3, 0.4) is 0 Å². The fourth-order valence-corrected chi connectivity index (χ4v) is 1.41. The average Bonchev–Trinajstić information content (AvgIpc) is 2.16. The van der Waals surface area contributed by atoms with Gasteiger partial charge in [0.25, 0.3) is 5.36 Å². The molecule has 1 heterocycles. The van der Waals surface area contributed by atoms with Gasteiger partial charge in [-0.05, 0) is 17.7 Å². The largest absolute Gasteiger partial charge is 0.453 e. The Morgan fingerprint density at radius 2 is 2.23 bits per heavy atom. The molecule has 1 unspecified atom stereocenters. The van der Waals surface area contributed by atoms with Crippen LogP contribution in [0.4, 0.5) is 5.69 Å². The van der Waals surface area contributed by atoms with Gasteiger partial charge in [0.1, 0.15) is 0 Å². The van der Waals surface area contributed by atoms with Crippen LogP contribution < -0.4 is 0 Å². The molecule has 66 valence electrons. The van der Waals surface area contributed by atoms with Crippen molar-refractivity contribution in [3.05, 3.63) is 29.8 Å². The van der Waals surface area contributed by atoms with E-state index in [0.717, 1.165) is 5.56 Å². The molecular weight excluding hydrogens is 190 g/mol. The molecule has 0 aromatic heterocycles. The van der Waals surface area contributed by atoms with Crippen molar-refractivity contribution < 1.29 is 9.53 Å². The van der Waals surface area contributed by atoms with E-state index in [4.69, 9.17) is 16.3 Å². The number of hydrogen-bond donors (Lipinski definition) is 0. The molecule has 13 heavy (non-hydrogen) atoms. The van der Waals surface area contributed by atoms with Crippen molar-refractivity contribution >= 4 is 28.9 Å². The minimum Gasteiger partial charge on any atom is -0.453 e. The number of aliphatic imine (C=N–C) groups is 1. The summed E-state index contributed by atoms with van der Waals surface area (Å²) in [7, 11) is 0. The summed E-state index contributed by atoms with van der Waals surface area (Å²) in [5, 5.41) is 0.0100. The SMILES string of the molecule is O=CC1OC(Cl)=Nc2ccccc21. The van der Waals surface area contributed by atoms with E-state index in [-0.39, 0.29) is 5.36 Å². The number of hydrogen-bond acceptors (Lipinski definition) is 3. The van der Waals surface area contributed by atoms with Gasteiger partial charge in [-0.15, -0.1) is 0 Å². The van der Waals surface area contributed by atoms with Crippen LogP contribution in [-0.2, 0) is 9.53 Å². The smallest absolute Gasteiger partial charge is 0.288 e. The minimum absolute atomic E-state index is 0.0100. The number of fused-ring (bicyclic) bond motifs is 1. The highest BCUT2D eigenvalue weighted by Gasteiger charge is 2.21. The lowest BCUT2D eigenvalue weighted by Crippen LogP contribution is -2.12. The zero-order valence-corrected chi connectivity index (χ0v) is 7.36. The van der Waals surface area contributed by atoms with Crippen LogP contribution in [0.15, 0.2) is 29.3 Å². The van der Waals surface area contributed by atoms with Gasteiger partial charge >= 0.3 is 0 Å². The third kappa shape index (κ3) is 1.42. The predicted molar refractivity (Wildman–Crippen MR) is 49.3 cm³/mol. The number of benzene rings is 1. The van der Waals surface area contributed by atoms with Crippen LogP contribution >= 0.6 is 11.6 Å². The molecular formula is C9H6ClNO2. The summed E-state index contributed by atoms with van der Waals surface area (Å²) in [5.41, 5.74) is 1.44. The van der Waals surface area contributed by atoms with Crippen molar-refractivity contribution in [2.45, 2.75) is 6.10 Å². The van der Waals surface area contributed by atoms with Crippen LogP contribution in [0.25, 0.3) is 0 Å². The van der Waals surface area contributed by atoms with Crippen LogP contribution in [0, 0.1) is 0 Å². The van der Waals surface area contributed by atoms with Gasteiger partial charge < -0.3 is 4.74 Å². The molecule has 0 spiro atoms. The zero-order valence-electron chi connectivity index (χ0n) is 6.61. The van der Waals surface area contributed by atoms with E-state index in [1.807, 2.05) is 12.1 Å². The van der Waals surface area contributed by atoms with Gasteiger partial charge in [0.2, 0.25) is 0 Å². The summed E-state index contributed by atoms with van der Waals surface area (Å²) in [6, 6.07) is 7.24. The van der Waals surface area contributed by atoms with Crippen molar-refractivity contribution in [1.29, 1.82) is 0 Å². The number of halogens is 1. The van der Waals surface area contributed by atoms with Crippen molar-refractivity contribution in [3.8, 4) is 0 Å². The lowest BCUT2D eigenvalue weighted by molar-refractivity contribution is -0.114. The Morgan fingerprint density at radius 1 is 1.46 bits per heavy atom. The number of nitrogens with zero attached hydrogens (tertiary/aromatic N) is 1. The van der Waals surface area contributed by atoms with Crippen LogP contribution in [0.1, 0.15) is 11.7 Å². The molecule has 0 saturated heterocycles. The first-order valence-corrected chi connectivity index (χ1v) is 4.14. The fourth-order valence-electron chi connectivity index (χ4n) is 1.22. The topological polar surface area (TPSA) is 38.7 Å². The third-order valence-corrected chi connectivity index (χ3v) is 1.97. The third-order valence-electron chi connectivity index (χ3n) is 1.80. The Kier molecular flexibility index (Phi) is 2.02. The van der Waals surface area contributed by atoms with Crippen molar-refractivity contribution in [1.82, 2.24) is 0 Å². The molecule has 1 aliphatic heterocycles. The molecule has 1 aliphatic rings. The van der Waals surface area contributed by atoms with Crippen molar-refractivity contribution in [2.24, 2.45) is 4.99 Å². The highest BCUT2D eigenvalue weighted by molar-refractivity contribution is 6.63. The first-order valence-electron chi connectivity index (χ1n) is 3.76. The zero-order chi connectivity index (χ0) is 9.26. The predicted octanol–water partition coefficient (Wildman–Crippen LogP) is 2.18. The molecule has 1 aromatic rings. The Morgan fingerprint density at radius 3 is 3.00 bits per heavy atom. The van der Waals surface area contributed by atoms with Crippen LogP contribution in [0.5, 0.6) is 0 Å². The van der Waals surface area contributed by atoms with Gasteiger partial charge in [-0.3, -0.25) is 4.79 Å². The minimum atomic E-state index is -0.624. The highest BCUT2D eigenvalue weighted by Crippen LogP contribution is 2.31. The number of carbonyl (C=O) groups excluding carboxylic acids is 1. The van der Waals surface area contributed by atoms with Gasteiger partial charge in [-0.2, -0.15) is 0 Å². The van der Waals surface area contributed by atoms with Crippen LogP contribution in [-0.4, -0.2) is 11.6 Å². The summed E-state index contributed by atoms with van der Waals surface area (Å²) >= 11 is 5.59. The molecule has 0 fully saturated rings. The Bertz CT molecular complexity index is 376. The molecule has 0 saturated carbocycles. The molecule has 0 N–H and O–H groups in total. The van der Waals surface area contributed by atoms with E-state index >= 15 is 0 Å². The lowest BCUT2D eigenvalue weighted by atomic mass is 10.1. The molecule has 1 aromatic carbocycles. The maximum Gasteiger partial charge on any atom is 0.288 e. The number of rotatable bonds is 1. The fraction of sp³-hybridized carbons (Fsp3) is 0.111. The number of aldehydes is 1. The van der Waals surface area contributed by atoms with E-state index in [1.54, 1.807) is 12.1 Å². The first kappa shape index (κ1) is 8.26. The van der Waals surface area contributed by atoms with E-state index < -0.39 is 6.10 Å². The van der Waals surface area contributed by atoms with Gasteiger partial charge in [0.05, 0.1) is 5.69 Å². The van der Waals surface area contributed by atoms with Gasteiger partial charge in [0, 0.05) is 5.56 Å². The number of ether oxygens (including phenoxy) is 1. The van der Waals surface area contributed by atoms with E-state index in [2.05, 4.69) is 4.99 Å². The van der Waals surface area contributed by atoms with Gasteiger partial charge in [0.15, 0.2) is 12.4 Å². The summed E-state index contributed by atoms with van der Waals surface area (Å²) < 4.78 is 5.01. The van der Waals surface area contributed by atoms with Crippen LogP contribution in [0.2, 0.25) is 0 Å². The van der Waals surface area contributed by atoms with Crippen molar-refractivity contribution in [3.63, 3.8) is 0 Å². The summed E-state index contributed by atoms with van der Waals surface area (Å²) in [6.45, 7) is 0. The number of carbonyl (C=O) groups is 1. The van der Waals surface area contributed by atoms with E-state index in [1.165, 1.54) is 0 Å². The van der Waals surface area contributed by atoms with E-state index in [0.29, 0.717) is 12.0 Å². The summed E-state index contributed by atoms with van der Waals surface area (Å²) in [6.07, 6.45) is 0.0804. The summed E-state index contributed by atoms with van der Waals surface area (Å²) in [4.78, 5) is 14.6. The van der Waals surface area contributed by atoms with E-state index in [9.17, 15) is 4.79 Å².